The highest BCUT2D eigenvalue weighted by Crippen LogP contribution is 2.29. The first-order chi connectivity index (χ1) is 15.3. The summed E-state index contributed by atoms with van der Waals surface area (Å²) in [5, 5.41) is 3.55. The second-order valence-electron chi connectivity index (χ2n) is 8.74. The number of likely N-dealkylation sites (tertiary alicyclic amines) is 1. The van der Waals surface area contributed by atoms with Gasteiger partial charge in [-0.3, -0.25) is 9.89 Å². The molecule has 32 heavy (non-hydrogen) atoms. The molecule has 4 rings (SSSR count). The van der Waals surface area contributed by atoms with E-state index >= 15 is 0 Å². The minimum atomic E-state index is 0. The van der Waals surface area contributed by atoms with E-state index in [4.69, 9.17) is 19.2 Å². The fourth-order valence-corrected chi connectivity index (χ4v) is 5.03. The molecule has 1 N–H and O–H groups in total. The van der Waals surface area contributed by atoms with E-state index in [9.17, 15) is 0 Å². The van der Waals surface area contributed by atoms with E-state index in [1.54, 1.807) is 7.11 Å². The van der Waals surface area contributed by atoms with Crippen molar-refractivity contribution >= 4 is 29.9 Å². The number of aliphatic imine (C=N–C) groups is 1. The first-order valence-corrected chi connectivity index (χ1v) is 11.8. The predicted molar refractivity (Wildman–Crippen MR) is 138 cm³/mol. The van der Waals surface area contributed by atoms with E-state index in [1.165, 1.54) is 5.56 Å². The molecule has 3 saturated heterocycles. The molecule has 0 bridgehead atoms. The first-order valence-electron chi connectivity index (χ1n) is 11.8. The Hall–Kier alpha value is -1.10. The van der Waals surface area contributed by atoms with E-state index in [0.717, 1.165) is 90.2 Å². The smallest absolute Gasteiger partial charge is 0.193 e. The molecule has 3 aliphatic rings. The van der Waals surface area contributed by atoms with Crippen molar-refractivity contribution in [1.29, 1.82) is 0 Å². The van der Waals surface area contributed by atoms with Gasteiger partial charge in [0, 0.05) is 57.2 Å². The molecular weight excluding hydrogens is 519 g/mol. The lowest BCUT2D eigenvalue weighted by atomic mass is 9.97. The molecule has 3 unspecified atom stereocenters. The number of morpholine rings is 1. The van der Waals surface area contributed by atoms with Crippen LogP contribution in [-0.2, 0) is 9.47 Å². The quantitative estimate of drug-likeness (QED) is 0.316. The van der Waals surface area contributed by atoms with Crippen LogP contribution in [0.5, 0.6) is 5.75 Å². The van der Waals surface area contributed by atoms with Crippen LogP contribution >= 0.6 is 24.0 Å². The maximum atomic E-state index is 5.72. The standard InChI is InChI=1S/C24H38N4O3.HI/c1-3-25-24(28-10-8-20(17-28)19-4-6-22(29-2)7-5-19)26-16-23(21-9-13-31-18-21)27-11-14-30-15-12-27;/h4-7,20-21,23H,3,8-18H2,1-2H3,(H,25,26);1H. The Morgan fingerprint density at radius 1 is 1.12 bits per heavy atom. The van der Waals surface area contributed by atoms with E-state index in [-0.39, 0.29) is 24.0 Å². The SMILES string of the molecule is CCNC(=NCC(C1CCOC1)N1CCOCC1)N1CCC(c2ccc(OC)cc2)C1.I. The lowest BCUT2D eigenvalue weighted by molar-refractivity contribution is 0.00364. The predicted octanol–water partition coefficient (Wildman–Crippen LogP) is 2.81. The van der Waals surface area contributed by atoms with Gasteiger partial charge in [-0.15, -0.1) is 24.0 Å². The highest BCUT2D eigenvalue weighted by molar-refractivity contribution is 14.0. The number of nitrogens with one attached hydrogen (secondary N) is 1. The average Bonchev–Trinajstić information content (AvgIpc) is 3.52. The molecule has 180 valence electrons. The van der Waals surface area contributed by atoms with Crippen LogP contribution in [0.3, 0.4) is 0 Å². The van der Waals surface area contributed by atoms with Gasteiger partial charge >= 0.3 is 0 Å². The molecule has 0 aliphatic carbocycles. The second kappa shape index (κ2) is 13.0. The highest BCUT2D eigenvalue weighted by Gasteiger charge is 2.32. The highest BCUT2D eigenvalue weighted by atomic mass is 127. The van der Waals surface area contributed by atoms with Crippen molar-refractivity contribution in [2.45, 2.75) is 31.7 Å². The molecule has 1 aromatic carbocycles. The first kappa shape index (κ1) is 25.5. The summed E-state index contributed by atoms with van der Waals surface area (Å²) in [6.07, 6.45) is 2.29. The largest absolute Gasteiger partial charge is 0.497 e. The van der Waals surface area contributed by atoms with Crippen LogP contribution < -0.4 is 10.1 Å². The number of rotatable bonds is 7. The Kier molecular flexibility index (Phi) is 10.3. The van der Waals surface area contributed by atoms with E-state index in [1.807, 2.05) is 0 Å². The van der Waals surface area contributed by atoms with Crippen LogP contribution in [0.2, 0.25) is 0 Å². The number of ether oxygens (including phenoxy) is 3. The third-order valence-electron chi connectivity index (χ3n) is 6.86. The fraction of sp³-hybridized carbons (Fsp3) is 0.708. The average molecular weight is 559 g/mol. The van der Waals surface area contributed by atoms with Gasteiger partial charge < -0.3 is 24.4 Å². The minimum absolute atomic E-state index is 0. The summed E-state index contributed by atoms with van der Waals surface area (Å²) in [6.45, 7) is 11.3. The van der Waals surface area contributed by atoms with Crippen LogP contribution in [0.1, 0.15) is 31.2 Å². The Bertz CT molecular complexity index is 706. The molecule has 0 spiro atoms. The monoisotopic (exact) mass is 558 g/mol. The van der Waals surface area contributed by atoms with Crippen LogP contribution in [0.4, 0.5) is 0 Å². The van der Waals surface area contributed by atoms with Gasteiger partial charge in [-0.1, -0.05) is 12.1 Å². The number of halogens is 1. The summed E-state index contributed by atoms with van der Waals surface area (Å²) in [7, 11) is 1.72. The molecule has 0 aromatic heterocycles. The number of hydrogen-bond donors (Lipinski definition) is 1. The lowest BCUT2D eigenvalue weighted by Gasteiger charge is -2.37. The summed E-state index contributed by atoms with van der Waals surface area (Å²) in [4.78, 5) is 10.1. The molecule has 1 aromatic rings. The molecule has 7 nitrogen and oxygen atoms in total. The van der Waals surface area contributed by atoms with Gasteiger partial charge in [0.1, 0.15) is 5.75 Å². The minimum Gasteiger partial charge on any atom is -0.497 e. The molecule has 0 radical (unpaired) electrons. The molecule has 3 heterocycles. The zero-order valence-corrected chi connectivity index (χ0v) is 21.8. The molecule has 0 amide bonds. The Morgan fingerprint density at radius 3 is 2.56 bits per heavy atom. The van der Waals surface area contributed by atoms with Crippen LogP contribution in [0.15, 0.2) is 29.3 Å². The lowest BCUT2D eigenvalue weighted by Crippen LogP contribution is -2.49. The van der Waals surface area contributed by atoms with Crippen LogP contribution in [-0.4, -0.2) is 94.6 Å². The number of nitrogens with zero attached hydrogens (tertiary/aromatic N) is 3. The number of benzene rings is 1. The van der Waals surface area contributed by atoms with Gasteiger partial charge in [-0.25, -0.2) is 0 Å². The van der Waals surface area contributed by atoms with E-state index in [0.29, 0.717) is 17.9 Å². The van der Waals surface area contributed by atoms with Gasteiger partial charge in [0.15, 0.2) is 5.96 Å². The van der Waals surface area contributed by atoms with Crippen molar-refractivity contribution in [1.82, 2.24) is 15.1 Å². The van der Waals surface area contributed by atoms with E-state index < -0.39 is 0 Å². The summed E-state index contributed by atoms with van der Waals surface area (Å²) in [5.74, 6) is 3.07. The molecule has 3 aliphatic heterocycles. The van der Waals surface area contributed by atoms with Crippen LogP contribution in [0, 0.1) is 5.92 Å². The van der Waals surface area contributed by atoms with Crippen molar-refractivity contribution in [3.63, 3.8) is 0 Å². The van der Waals surface area contributed by atoms with Crippen molar-refractivity contribution in [2.24, 2.45) is 10.9 Å². The maximum absolute atomic E-state index is 5.72. The summed E-state index contributed by atoms with van der Waals surface area (Å²) in [5.41, 5.74) is 1.38. The van der Waals surface area contributed by atoms with Gasteiger partial charge in [-0.2, -0.15) is 0 Å². The second-order valence-corrected chi connectivity index (χ2v) is 8.74. The Labute approximate surface area is 209 Å². The molecule has 3 atom stereocenters. The molecule has 0 saturated carbocycles. The van der Waals surface area contributed by atoms with E-state index in [2.05, 4.69) is 46.3 Å². The zero-order valence-electron chi connectivity index (χ0n) is 19.5. The van der Waals surface area contributed by atoms with Gasteiger partial charge in [-0.05, 0) is 37.5 Å². The third kappa shape index (κ3) is 6.48. The van der Waals surface area contributed by atoms with Gasteiger partial charge in [0.2, 0.25) is 0 Å². The number of guanidine groups is 1. The van der Waals surface area contributed by atoms with Gasteiger partial charge in [0.05, 0.1) is 33.5 Å². The third-order valence-corrected chi connectivity index (χ3v) is 6.86. The molecular formula is C24H39IN4O3. The zero-order chi connectivity index (χ0) is 21.5. The molecule has 8 heteroatoms. The normalized spacial score (nSPS) is 25.4. The van der Waals surface area contributed by atoms with Crippen molar-refractivity contribution < 1.29 is 14.2 Å². The summed E-state index contributed by atoms with van der Waals surface area (Å²) >= 11 is 0. The summed E-state index contributed by atoms with van der Waals surface area (Å²) in [6, 6.07) is 8.96. The number of hydrogen-bond acceptors (Lipinski definition) is 5. The Morgan fingerprint density at radius 2 is 1.91 bits per heavy atom. The summed E-state index contributed by atoms with van der Waals surface area (Å²) < 4.78 is 16.6. The van der Waals surface area contributed by atoms with Crippen molar-refractivity contribution in [2.75, 3.05) is 72.8 Å². The maximum Gasteiger partial charge on any atom is 0.193 e. The Balaban J connectivity index is 0.00000289. The van der Waals surface area contributed by atoms with Crippen molar-refractivity contribution in [3.05, 3.63) is 29.8 Å². The van der Waals surface area contributed by atoms with Gasteiger partial charge in [0.25, 0.3) is 0 Å². The van der Waals surface area contributed by atoms with Crippen LogP contribution in [0.25, 0.3) is 0 Å². The number of methoxy groups -OCH3 is 1. The molecule has 3 fully saturated rings. The van der Waals surface area contributed by atoms with Crippen molar-refractivity contribution in [3.8, 4) is 5.75 Å². The topological polar surface area (TPSA) is 58.6 Å². The fourth-order valence-electron chi connectivity index (χ4n) is 5.03.